The fraction of sp³-hybridized carbons (Fsp3) is 0.875. The molecule has 0 atom stereocenters. The predicted octanol–water partition coefficient (Wildman–Crippen LogP) is -0.186. The van der Waals surface area contributed by atoms with Crippen LogP contribution in [0.2, 0.25) is 0 Å². The molecule has 0 bridgehead atoms. The maximum atomic E-state index is 11.5. The van der Waals surface area contributed by atoms with Crippen LogP contribution in [-0.4, -0.2) is 36.6 Å². The van der Waals surface area contributed by atoms with E-state index in [4.69, 9.17) is 5.11 Å². The van der Waals surface area contributed by atoms with E-state index in [1.807, 2.05) is 0 Å². The molecule has 0 fully saturated rings. The summed E-state index contributed by atoms with van der Waals surface area (Å²) in [7, 11) is 0. The average Bonchev–Trinajstić information content (AvgIpc) is 2.45. The van der Waals surface area contributed by atoms with E-state index in [0.717, 1.165) is 12.8 Å². The third-order valence-electron chi connectivity index (χ3n) is 3.41. The van der Waals surface area contributed by atoms with Gasteiger partial charge in [0.2, 0.25) is 5.91 Å². The minimum atomic E-state index is -0.879. The second-order valence-corrected chi connectivity index (χ2v) is 5.50. The van der Waals surface area contributed by atoms with Crippen molar-refractivity contribution in [2.45, 2.75) is 71.1 Å². The van der Waals surface area contributed by atoms with Crippen molar-refractivity contribution in [2.75, 3.05) is 19.6 Å². The number of unbranched alkanes of at least 4 members (excludes halogenated alkanes) is 8. The average molecular weight is 324 g/mol. The first-order chi connectivity index (χ1) is 10.2. The van der Waals surface area contributed by atoms with Crippen LogP contribution in [0, 0.1) is 0 Å². The molecule has 6 heteroatoms. The third kappa shape index (κ3) is 19.9. The molecule has 0 aromatic carbocycles. The first-order valence-electron chi connectivity index (χ1n) is 8.36. The Labute approximate surface area is 158 Å². The van der Waals surface area contributed by atoms with Gasteiger partial charge in [0, 0.05) is 19.5 Å². The maximum absolute atomic E-state index is 11.5. The number of hydrogen-bond acceptors (Lipinski definition) is 3. The van der Waals surface area contributed by atoms with Gasteiger partial charge in [-0.25, -0.2) is 0 Å². The number of rotatable bonds is 15. The molecule has 0 aliphatic carbocycles. The van der Waals surface area contributed by atoms with Gasteiger partial charge in [-0.2, -0.15) is 0 Å². The Balaban J connectivity index is -0.00000200. The number of carbonyl (C=O) groups excluding carboxylic acids is 1. The van der Waals surface area contributed by atoms with Gasteiger partial charge >= 0.3 is 35.5 Å². The van der Waals surface area contributed by atoms with Crippen LogP contribution in [-0.2, 0) is 9.59 Å². The molecule has 0 aromatic heterocycles. The number of amides is 1. The molecule has 1 amide bonds. The SMILES string of the molecule is CCCCCCCCCCCC(=O)NCCNCC(=O)O.[H-].[Na+]. The molecular weight excluding hydrogens is 291 g/mol. The number of carbonyl (C=O) groups is 2. The number of aliphatic carboxylic acids is 1. The van der Waals surface area contributed by atoms with Crippen molar-refractivity contribution in [2.24, 2.45) is 0 Å². The van der Waals surface area contributed by atoms with E-state index in [2.05, 4.69) is 17.6 Å². The van der Waals surface area contributed by atoms with E-state index in [1.54, 1.807) is 0 Å². The zero-order valence-corrected chi connectivity index (χ0v) is 16.5. The number of carboxylic acids is 1. The van der Waals surface area contributed by atoms with E-state index < -0.39 is 5.97 Å². The molecule has 0 saturated carbocycles. The smallest absolute Gasteiger partial charge is 1.00 e. The minimum Gasteiger partial charge on any atom is -1.00 e. The first-order valence-corrected chi connectivity index (χ1v) is 8.36. The molecular formula is C16H33N2NaO3. The van der Waals surface area contributed by atoms with Crippen LogP contribution in [0.5, 0.6) is 0 Å². The van der Waals surface area contributed by atoms with Crippen molar-refractivity contribution in [3.05, 3.63) is 0 Å². The largest absolute Gasteiger partial charge is 1.00 e. The van der Waals surface area contributed by atoms with E-state index in [0.29, 0.717) is 19.5 Å². The van der Waals surface area contributed by atoms with Gasteiger partial charge < -0.3 is 17.2 Å². The molecule has 0 radical (unpaired) electrons. The molecule has 0 aliphatic heterocycles. The third-order valence-corrected chi connectivity index (χ3v) is 3.41. The van der Waals surface area contributed by atoms with E-state index in [-0.39, 0.29) is 43.4 Å². The van der Waals surface area contributed by atoms with Gasteiger partial charge in [-0.3, -0.25) is 9.59 Å². The van der Waals surface area contributed by atoms with Crippen molar-refractivity contribution in [3.63, 3.8) is 0 Å². The van der Waals surface area contributed by atoms with Crippen LogP contribution in [0.25, 0.3) is 0 Å². The van der Waals surface area contributed by atoms with Gasteiger partial charge in [0.15, 0.2) is 0 Å². The van der Waals surface area contributed by atoms with Crippen LogP contribution in [0.3, 0.4) is 0 Å². The molecule has 0 unspecified atom stereocenters. The van der Waals surface area contributed by atoms with Gasteiger partial charge in [-0.15, -0.1) is 0 Å². The zero-order chi connectivity index (χ0) is 15.8. The molecule has 22 heavy (non-hydrogen) atoms. The summed E-state index contributed by atoms with van der Waals surface area (Å²) in [4.78, 5) is 21.7. The summed E-state index contributed by atoms with van der Waals surface area (Å²) in [5.74, 6) is -0.814. The van der Waals surface area contributed by atoms with Crippen LogP contribution < -0.4 is 40.2 Å². The molecule has 5 nitrogen and oxygen atoms in total. The normalized spacial score (nSPS) is 10.0. The molecule has 126 valence electrons. The molecule has 0 saturated heterocycles. The minimum absolute atomic E-state index is 0. The van der Waals surface area contributed by atoms with E-state index in [1.165, 1.54) is 44.9 Å². The Morgan fingerprint density at radius 3 is 2.00 bits per heavy atom. The zero-order valence-electron chi connectivity index (χ0n) is 15.5. The fourth-order valence-electron chi connectivity index (χ4n) is 2.17. The van der Waals surface area contributed by atoms with Crippen molar-refractivity contribution < 1.29 is 45.7 Å². The molecule has 0 aromatic rings. The number of hydrogen-bond donors (Lipinski definition) is 3. The maximum Gasteiger partial charge on any atom is 1.00 e. The van der Waals surface area contributed by atoms with E-state index >= 15 is 0 Å². The molecule has 0 spiro atoms. The van der Waals surface area contributed by atoms with Gasteiger partial charge in [-0.1, -0.05) is 58.3 Å². The monoisotopic (exact) mass is 324 g/mol. The van der Waals surface area contributed by atoms with Gasteiger partial charge in [0.25, 0.3) is 0 Å². The second-order valence-electron chi connectivity index (χ2n) is 5.50. The summed E-state index contributed by atoms with van der Waals surface area (Å²) in [6, 6.07) is 0. The van der Waals surface area contributed by atoms with Crippen molar-refractivity contribution in [1.82, 2.24) is 10.6 Å². The van der Waals surface area contributed by atoms with E-state index in [9.17, 15) is 9.59 Å². The first kappa shape index (κ1) is 24.2. The molecule has 0 aliphatic rings. The second kappa shape index (κ2) is 18.9. The van der Waals surface area contributed by atoms with Crippen molar-refractivity contribution >= 4 is 11.9 Å². The Hall–Kier alpha value is -0.100. The summed E-state index contributed by atoms with van der Waals surface area (Å²) >= 11 is 0. The summed E-state index contributed by atoms with van der Waals surface area (Å²) in [5.41, 5.74) is 0. The van der Waals surface area contributed by atoms with Crippen LogP contribution in [0.1, 0.15) is 72.6 Å². The molecule has 0 heterocycles. The topological polar surface area (TPSA) is 78.4 Å². The standard InChI is InChI=1S/C16H32N2O3.Na.H/c1-2-3-4-5-6-7-8-9-10-11-15(19)18-13-12-17-14-16(20)21;;/h17H,2-14H2,1H3,(H,18,19)(H,20,21);;/q;+1;-1. The molecule has 3 N–H and O–H groups in total. The Morgan fingerprint density at radius 2 is 1.45 bits per heavy atom. The van der Waals surface area contributed by atoms with Crippen molar-refractivity contribution in [1.29, 1.82) is 0 Å². The molecule has 0 rings (SSSR count). The summed E-state index contributed by atoms with van der Waals surface area (Å²) in [5, 5.41) is 13.9. The number of nitrogens with one attached hydrogen (secondary N) is 2. The fourth-order valence-corrected chi connectivity index (χ4v) is 2.17. The quantitative estimate of drug-likeness (QED) is 0.288. The summed E-state index contributed by atoms with van der Waals surface area (Å²) in [6.45, 7) is 3.15. The van der Waals surface area contributed by atoms with Crippen molar-refractivity contribution in [3.8, 4) is 0 Å². The van der Waals surface area contributed by atoms with Crippen LogP contribution >= 0.6 is 0 Å². The van der Waals surface area contributed by atoms with Crippen LogP contribution in [0.15, 0.2) is 0 Å². The summed E-state index contributed by atoms with van der Waals surface area (Å²) < 4.78 is 0. The van der Waals surface area contributed by atoms with Gasteiger partial charge in [0.1, 0.15) is 0 Å². The Bertz CT molecular complexity index is 282. The van der Waals surface area contributed by atoms with Gasteiger partial charge in [-0.05, 0) is 6.42 Å². The summed E-state index contributed by atoms with van der Waals surface area (Å²) in [6.07, 6.45) is 11.8. The van der Waals surface area contributed by atoms with Crippen LogP contribution in [0.4, 0.5) is 0 Å². The Morgan fingerprint density at radius 1 is 0.909 bits per heavy atom. The Kier molecular flexibility index (Phi) is 20.8. The predicted molar refractivity (Wildman–Crippen MR) is 86.5 cm³/mol. The number of carboxylic acid groups (broad SMARTS) is 1. The van der Waals surface area contributed by atoms with Gasteiger partial charge in [0.05, 0.1) is 6.54 Å².